The van der Waals surface area contributed by atoms with E-state index in [1.807, 2.05) is 0 Å². The van der Waals surface area contributed by atoms with Crippen molar-refractivity contribution in [3.05, 3.63) is 60.2 Å². The SMILES string of the molecule is CC(C)(C)c1ccc([Si](OCC2CCC(OCCO)CC2)c2ccccc2)cc1. The molecule has 29 heavy (non-hydrogen) atoms. The number of ether oxygens (including phenoxy) is 1. The molecule has 1 aliphatic rings. The van der Waals surface area contributed by atoms with Crippen molar-refractivity contribution in [2.75, 3.05) is 19.8 Å². The Kier molecular flexibility index (Phi) is 8.07. The van der Waals surface area contributed by atoms with Crippen LogP contribution in [-0.2, 0) is 14.6 Å². The first-order valence-corrected chi connectivity index (χ1v) is 12.3. The maximum atomic E-state index is 8.93. The third-order valence-corrected chi connectivity index (χ3v) is 7.92. The van der Waals surface area contributed by atoms with E-state index in [1.54, 1.807) is 0 Å². The van der Waals surface area contributed by atoms with Crippen LogP contribution in [-0.4, -0.2) is 40.1 Å². The number of aliphatic hydroxyl groups is 1. The molecule has 1 N–H and O–H groups in total. The lowest BCUT2D eigenvalue weighted by Crippen LogP contribution is -2.46. The van der Waals surface area contributed by atoms with Gasteiger partial charge in [-0.3, -0.25) is 0 Å². The highest BCUT2D eigenvalue weighted by molar-refractivity contribution is 6.80. The Balaban J connectivity index is 1.65. The molecular weight excluding hydrogens is 376 g/mol. The monoisotopic (exact) mass is 411 g/mol. The average Bonchev–Trinajstić information content (AvgIpc) is 2.74. The van der Waals surface area contributed by atoms with E-state index >= 15 is 0 Å². The zero-order valence-corrected chi connectivity index (χ0v) is 19.1. The molecule has 157 valence electrons. The van der Waals surface area contributed by atoms with Gasteiger partial charge in [-0.25, -0.2) is 0 Å². The van der Waals surface area contributed by atoms with Gasteiger partial charge in [-0.2, -0.15) is 0 Å². The first-order valence-electron chi connectivity index (χ1n) is 10.9. The number of hydrogen-bond acceptors (Lipinski definition) is 3. The molecule has 1 aliphatic carbocycles. The van der Waals surface area contributed by atoms with Gasteiger partial charge in [0.05, 0.1) is 19.3 Å². The predicted octanol–water partition coefficient (Wildman–Crippen LogP) is 3.67. The lowest BCUT2D eigenvalue weighted by atomic mass is 9.87. The van der Waals surface area contributed by atoms with Crippen LogP contribution in [0.5, 0.6) is 0 Å². The highest BCUT2D eigenvalue weighted by Crippen LogP contribution is 2.26. The minimum Gasteiger partial charge on any atom is -0.407 e. The van der Waals surface area contributed by atoms with Crippen molar-refractivity contribution in [1.82, 2.24) is 0 Å². The molecule has 2 aromatic rings. The predicted molar refractivity (Wildman–Crippen MR) is 121 cm³/mol. The first kappa shape index (κ1) is 22.2. The molecule has 0 amide bonds. The summed E-state index contributed by atoms with van der Waals surface area (Å²) in [7, 11) is -1.25. The van der Waals surface area contributed by atoms with E-state index in [0.717, 1.165) is 32.3 Å². The number of hydrogen-bond donors (Lipinski definition) is 1. The van der Waals surface area contributed by atoms with Crippen LogP contribution in [0, 0.1) is 5.92 Å². The molecule has 1 fully saturated rings. The molecule has 1 radical (unpaired) electrons. The molecule has 0 unspecified atom stereocenters. The van der Waals surface area contributed by atoms with Crippen molar-refractivity contribution in [2.45, 2.75) is 58.0 Å². The summed E-state index contributed by atoms with van der Waals surface area (Å²) < 4.78 is 12.3. The molecule has 4 heteroatoms. The Hall–Kier alpha value is -1.46. The van der Waals surface area contributed by atoms with Crippen LogP contribution in [0.1, 0.15) is 52.0 Å². The molecule has 0 heterocycles. The summed E-state index contributed by atoms with van der Waals surface area (Å²) in [6.45, 7) is 8.14. The number of aliphatic hydroxyl groups excluding tert-OH is 1. The fourth-order valence-corrected chi connectivity index (χ4v) is 5.96. The third kappa shape index (κ3) is 6.51. The van der Waals surface area contributed by atoms with Crippen molar-refractivity contribution in [2.24, 2.45) is 5.92 Å². The van der Waals surface area contributed by atoms with Gasteiger partial charge in [-0.15, -0.1) is 0 Å². The second-order valence-corrected chi connectivity index (χ2v) is 11.2. The van der Waals surface area contributed by atoms with Gasteiger partial charge in [-0.1, -0.05) is 75.4 Å². The van der Waals surface area contributed by atoms with Crippen LogP contribution in [0.25, 0.3) is 0 Å². The maximum absolute atomic E-state index is 8.93. The van der Waals surface area contributed by atoms with Gasteiger partial charge in [0.15, 0.2) is 0 Å². The Morgan fingerprint density at radius 1 is 0.897 bits per heavy atom. The molecular formula is C25H35O3Si. The topological polar surface area (TPSA) is 38.7 Å². The highest BCUT2D eigenvalue weighted by Gasteiger charge is 2.25. The fraction of sp³-hybridized carbons (Fsp3) is 0.520. The van der Waals surface area contributed by atoms with Crippen molar-refractivity contribution in [3.63, 3.8) is 0 Å². The molecule has 3 nitrogen and oxygen atoms in total. The van der Waals surface area contributed by atoms with E-state index in [1.165, 1.54) is 15.9 Å². The van der Waals surface area contributed by atoms with E-state index < -0.39 is 9.04 Å². The van der Waals surface area contributed by atoms with Crippen molar-refractivity contribution in [3.8, 4) is 0 Å². The van der Waals surface area contributed by atoms with Gasteiger partial charge in [-0.05, 0) is 53.0 Å². The second-order valence-electron chi connectivity index (χ2n) is 9.07. The van der Waals surface area contributed by atoms with Crippen LogP contribution in [0.15, 0.2) is 54.6 Å². The molecule has 0 aromatic heterocycles. The van der Waals surface area contributed by atoms with Crippen LogP contribution < -0.4 is 10.4 Å². The maximum Gasteiger partial charge on any atom is 0.282 e. The summed E-state index contributed by atoms with van der Waals surface area (Å²) in [5.74, 6) is 0.599. The van der Waals surface area contributed by atoms with E-state index in [4.69, 9.17) is 14.3 Å². The minimum absolute atomic E-state index is 0.111. The highest BCUT2D eigenvalue weighted by atomic mass is 28.3. The van der Waals surface area contributed by atoms with Crippen molar-refractivity contribution in [1.29, 1.82) is 0 Å². The van der Waals surface area contributed by atoms with E-state index in [0.29, 0.717) is 18.6 Å². The normalized spacial score (nSPS) is 20.2. The first-order chi connectivity index (χ1) is 14.0. The zero-order chi connectivity index (χ0) is 20.7. The average molecular weight is 412 g/mol. The van der Waals surface area contributed by atoms with E-state index in [9.17, 15) is 0 Å². The van der Waals surface area contributed by atoms with Gasteiger partial charge in [0.1, 0.15) is 0 Å². The Morgan fingerprint density at radius 3 is 2.10 bits per heavy atom. The van der Waals surface area contributed by atoms with Gasteiger partial charge in [0.2, 0.25) is 0 Å². The van der Waals surface area contributed by atoms with Crippen molar-refractivity contribution < 1.29 is 14.3 Å². The molecule has 0 saturated heterocycles. The summed E-state index contributed by atoms with van der Waals surface area (Å²) in [6.07, 6.45) is 4.73. The molecule has 0 spiro atoms. The zero-order valence-electron chi connectivity index (χ0n) is 18.1. The molecule has 1 saturated carbocycles. The molecule has 0 aliphatic heterocycles. The lowest BCUT2D eigenvalue weighted by molar-refractivity contribution is -0.00337. The Morgan fingerprint density at radius 2 is 1.52 bits per heavy atom. The van der Waals surface area contributed by atoms with Gasteiger partial charge < -0.3 is 14.3 Å². The summed E-state index contributed by atoms with van der Waals surface area (Å²) >= 11 is 0. The molecule has 2 aromatic carbocycles. The smallest absolute Gasteiger partial charge is 0.282 e. The van der Waals surface area contributed by atoms with Crippen LogP contribution in [0.2, 0.25) is 0 Å². The van der Waals surface area contributed by atoms with Gasteiger partial charge in [0.25, 0.3) is 9.04 Å². The largest absolute Gasteiger partial charge is 0.407 e. The summed E-state index contributed by atoms with van der Waals surface area (Å²) in [5.41, 5.74) is 1.52. The molecule has 0 atom stereocenters. The minimum atomic E-state index is -1.25. The molecule has 3 rings (SSSR count). The molecule has 0 bridgehead atoms. The summed E-state index contributed by atoms with van der Waals surface area (Å²) in [5, 5.41) is 11.6. The lowest BCUT2D eigenvalue weighted by Gasteiger charge is -2.29. The number of rotatable bonds is 8. The Labute approximate surface area is 177 Å². The standard InChI is InChI=1S/C25H35O3Si/c1-25(2,3)21-11-15-24(16-12-21)29(23-7-5-4-6-8-23)28-19-20-9-13-22(14-10-20)27-18-17-26/h4-8,11-12,15-16,20,22,26H,9-10,13-14,17-19H2,1-3H3. The summed E-state index contributed by atoms with van der Waals surface area (Å²) in [6, 6.07) is 19.7. The summed E-state index contributed by atoms with van der Waals surface area (Å²) in [4.78, 5) is 0. The van der Waals surface area contributed by atoms with Crippen molar-refractivity contribution >= 4 is 19.4 Å². The van der Waals surface area contributed by atoms with E-state index in [2.05, 4.69) is 75.4 Å². The number of benzene rings is 2. The quantitative estimate of drug-likeness (QED) is 0.674. The fourth-order valence-electron chi connectivity index (χ4n) is 3.93. The van der Waals surface area contributed by atoms with Crippen LogP contribution in [0.4, 0.5) is 0 Å². The van der Waals surface area contributed by atoms with E-state index in [-0.39, 0.29) is 12.0 Å². The second kappa shape index (κ2) is 10.5. The van der Waals surface area contributed by atoms with Gasteiger partial charge >= 0.3 is 0 Å². The third-order valence-electron chi connectivity index (χ3n) is 5.75. The Bertz CT molecular complexity index is 716. The van der Waals surface area contributed by atoms with Gasteiger partial charge in [0, 0.05) is 6.61 Å². The van der Waals surface area contributed by atoms with Crippen LogP contribution in [0.3, 0.4) is 0 Å². The van der Waals surface area contributed by atoms with Crippen LogP contribution >= 0.6 is 0 Å².